The highest BCUT2D eigenvalue weighted by Crippen LogP contribution is 2.45. The van der Waals surface area contributed by atoms with Gasteiger partial charge in [0, 0.05) is 46.9 Å². The minimum Gasteiger partial charge on any atom is -0.497 e. The summed E-state index contributed by atoms with van der Waals surface area (Å²) in [6.07, 6.45) is 5.64. The fourth-order valence-corrected chi connectivity index (χ4v) is 6.34. The number of nitrogens with zero attached hydrogens (tertiary/aromatic N) is 4. The Hall–Kier alpha value is -5.76. The molecule has 3 aromatic heterocycles. The predicted octanol–water partition coefficient (Wildman–Crippen LogP) is 9.55. The largest absolute Gasteiger partial charge is 0.497 e. The number of fused-ring (bicyclic) bond motifs is 3. The van der Waals surface area contributed by atoms with Gasteiger partial charge in [0.05, 0.1) is 48.8 Å². The lowest BCUT2D eigenvalue weighted by Gasteiger charge is -2.21. The van der Waals surface area contributed by atoms with Gasteiger partial charge >= 0.3 is 0 Å². The molecule has 7 rings (SSSR count). The molecule has 0 atom stereocenters. The van der Waals surface area contributed by atoms with Crippen molar-refractivity contribution >= 4 is 21.8 Å². The van der Waals surface area contributed by atoms with E-state index < -0.39 is 0 Å². The van der Waals surface area contributed by atoms with Crippen molar-refractivity contribution in [1.29, 1.82) is 0 Å². The van der Waals surface area contributed by atoms with Crippen LogP contribution in [-0.4, -0.2) is 39.7 Å². The minimum atomic E-state index is 0.554. The molecule has 0 unspecified atom stereocenters. The molecule has 0 N–H and O–H groups in total. The number of aromatic nitrogens is 4. The molecule has 0 saturated heterocycles. The van der Waals surface area contributed by atoms with Gasteiger partial charge in [-0.15, -0.1) is 0 Å². The summed E-state index contributed by atoms with van der Waals surface area (Å²) >= 11 is 0. The quantitative estimate of drug-likeness (QED) is 0.149. The van der Waals surface area contributed by atoms with E-state index in [1.54, 1.807) is 13.3 Å². The Morgan fingerprint density at radius 3 is 2.17 bits per heavy atom. The van der Waals surface area contributed by atoms with Crippen LogP contribution in [0.15, 0.2) is 97.5 Å². The van der Waals surface area contributed by atoms with E-state index in [1.165, 1.54) is 5.56 Å². The lowest BCUT2D eigenvalue weighted by atomic mass is 9.94. The van der Waals surface area contributed by atoms with Gasteiger partial charge < -0.3 is 18.9 Å². The molecule has 8 heteroatoms. The smallest absolute Gasteiger partial charge is 0.141 e. The van der Waals surface area contributed by atoms with Crippen LogP contribution in [0, 0.1) is 20.8 Å². The van der Waals surface area contributed by atoms with E-state index >= 15 is 0 Å². The molecule has 0 aliphatic rings. The summed E-state index contributed by atoms with van der Waals surface area (Å²) in [5.41, 5.74) is 8.13. The first kappa shape index (κ1) is 30.9. The number of hydrogen-bond acceptors (Lipinski definition) is 6. The number of hydrogen-bond donors (Lipinski definition) is 0. The number of para-hydroxylation sites is 1. The molecule has 0 bridgehead atoms. The SMILES string of the molecule is CCOc1c(C)c(C)c(C)c(OCC)c1-c1cnn(-c2cccc(Oc3ccc4c5ccccc5n(-c5cc(OC)ccn5)c4c3)c2)c1. The monoisotopic (exact) mass is 638 g/mol. The van der Waals surface area contributed by atoms with Crippen LogP contribution in [-0.2, 0) is 0 Å². The first-order valence-electron chi connectivity index (χ1n) is 16.2. The molecule has 242 valence electrons. The van der Waals surface area contributed by atoms with Crippen LogP contribution in [0.4, 0.5) is 0 Å². The van der Waals surface area contributed by atoms with Crippen molar-refractivity contribution in [2.45, 2.75) is 34.6 Å². The molecule has 0 aliphatic carbocycles. The third-order valence-corrected chi connectivity index (χ3v) is 8.85. The van der Waals surface area contributed by atoms with Gasteiger partial charge in [-0.2, -0.15) is 5.10 Å². The van der Waals surface area contributed by atoms with Crippen molar-refractivity contribution in [2.75, 3.05) is 20.3 Å². The summed E-state index contributed by atoms with van der Waals surface area (Å²) in [5, 5.41) is 7.00. The Bertz CT molecular complexity index is 2250. The van der Waals surface area contributed by atoms with Crippen LogP contribution in [0.25, 0.3) is 44.4 Å². The fraction of sp³-hybridized carbons (Fsp3) is 0.200. The van der Waals surface area contributed by atoms with Crippen LogP contribution < -0.4 is 18.9 Å². The molecule has 0 fully saturated rings. The summed E-state index contributed by atoms with van der Waals surface area (Å²) in [7, 11) is 1.66. The summed E-state index contributed by atoms with van der Waals surface area (Å²) in [4.78, 5) is 4.67. The normalized spacial score (nSPS) is 11.3. The standard InChI is InChI=1S/C40H38N4O4/c1-7-46-39-26(4)25(3)27(5)40(47-8-2)38(39)28-23-42-43(24-28)29-12-11-13-31(20-29)48-32-16-17-34-33-14-9-10-15-35(33)44(36(34)21-32)37-22-30(45-6)18-19-41-37/h9-24H,7-8H2,1-6H3. The zero-order chi connectivity index (χ0) is 33.4. The fourth-order valence-electron chi connectivity index (χ4n) is 6.34. The minimum absolute atomic E-state index is 0.554. The van der Waals surface area contributed by atoms with Crippen molar-refractivity contribution in [3.05, 3.63) is 114 Å². The van der Waals surface area contributed by atoms with Crippen molar-refractivity contribution < 1.29 is 18.9 Å². The van der Waals surface area contributed by atoms with Gasteiger partial charge in [-0.25, -0.2) is 9.67 Å². The molecule has 0 aliphatic heterocycles. The van der Waals surface area contributed by atoms with Gasteiger partial charge in [0.15, 0.2) is 0 Å². The van der Waals surface area contributed by atoms with E-state index in [-0.39, 0.29) is 0 Å². The lowest BCUT2D eigenvalue weighted by molar-refractivity contribution is 0.322. The van der Waals surface area contributed by atoms with Crippen LogP contribution in [0.1, 0.15) is 30.5 Å². The second kappa shape index (κ2) is 12.8. The molecule has 0 spiro atoms. The van der Waals surface area contributed by atoms with Crippen LogP contribution >= 0.6 is 0 Å². The summed E-state index contributed by atoms with van der Waals surface area (Å²) < 4.78 is 28.4. The van der Waals surface area contributed by atoms with E-state index in [9.17, 15) is 0 Å². The molecule has 48 heavy (non-hydrogen) atoms. The zero-order valence-electron chi connectivity index (χ0n) is 28.1. The van der Waals surface area contributed by atoms with Crippen molar-refractivity contribution in [2.24, 2.45) is 0 Å². The number of ether oxygens (including phenoxy) is 4. The second-order valence-electron chi connectivity index (χ2n) is 11.6. The topological polar surface area (TPSA) is 72.6 Å². The van der Waals surface area contributed by atoms with Crippen molar-refractivity contribution in [1.82, 2.24) is 19.3 Å². The molecule has 0 radical (unpaired) electrons. The molecule has 0 saturated carbocycles. The van der Waals surface area contributed by atoms with E-state index in [0.717, 1.165) is 72.8 Å². The van der Waals surface area contributed by atoms with Gasteiger partial charge in [-0.3, -0.25) is 4.57 Å². The second-order valence-corrected chi connectivity index (χ2v) is 11.6. The number of methoxy groups -OCH3 is 1. The molecule has 3 heterocycles. The average Bonchev–Trinajstić information content (AvgIpc) is 3.73. The number of rotatable bonds is 10. The van der Waals surface area contributed by atoms with E-state index in [2.05, 4.69) is 60.7 Å². The Labute approximate surface area is 280 Å². The summed E-state index contributed by atoms with van der Waals surface area (Å²) in [5.74, 6) is 4.58. The predicted molar refractivity (Wildman–Crippen MR) is 191 cm³/mol. The maximum atomic E-state index is 6.48. The molecule has 7 aromatic rings. The Morgan fingerprint density at radius 2 is 1.42 bits per heavy atom. The maximum absolute atomic E-state index is 6.48. The number of benzene rings is 4. The van der Waals surface area contributed by atoms with E-state index in [1.807, 2.05) is 79.5 Å². The molecular weight excluding hydrogens is 600 g/mol. The Balaban J connectivity index is 1.25. The first-order chi connectivity index (χ1) is 23.4. The van der Waals surface area contributed by atoms with Gasteiger partial charge in [-0.05, 0) is 87.7 Å². The lowest BCUT2D eigenvalue weighted by Crippen LogP contribution is -2.05. The maximum Gasteiger partial charge on any atom is 0.141 e. The van der Waals surface area contributed by atoms with Crippen LogP contribution in [0.2, 0.25) is 0 Å². The molecule has 8 nitrogen and oxygen atoms in total. The highest BCUT2D eigenvalue weighted by molar-refractivity contribution is 6.09. The van der Waals surface area contributed by atoms with Gasteiger partial charge in [0.1, 0.15) is 34.6 Å². The Morgan fingerprint density at radius 1 is 0.688 bits per heavy atom. The van der Waals surface area contributed by atoms with E-state index in [4.69, 9.17) is 24.0 Å². The van der Waals surface area contributed by atoms with Crippen molar-refractivity contribution in [3.63, 3.8) is 0 Å². The molecular formula is C40H38N4O4. The highest BCUT2D eigenvalue weighted by Gasteiger charge is 2.23. The summed E-state index contributed by atoms with van der Waals surface area (Å²) in [6.45, 7) is 11.4. The van der Waals surface area contributed by atoms with Crippen molar-refractivity contribution in [3.8, 4) is 51.4 Å². The van der Waals surface area contributed by atoms with Gasteiger partial charge in [0.25, 0.3) is 0 Å². The van der Waals surface area contributed by atoms with Crippen LogP contribution in [0.5, 0.6) is 28.7 Å². The molecule has 0 amide bonds. The van der Waals surface area contributed by atoms with E-state index in [0.29, 0.717) is 24.7 Å². The number of pyridine rings is 1. The Kier molecular flexibility index (Phi) is 8.23. The first-order valence-corrected chi connectivity index (χ1v) is 16.2. The van der Waals surface area contributed by atoms with Gasteiger partial charge in [0.2, 0.25) is 0 Å². The summed E-state index contributed by atoms with van der Waals surface area (Å²) in [6, 6.07) is 26.2. The highest BCUT2D eigenvalue weighted by atomic mass is 16.5. The molecule has 4 aromatic carbocycles. The van der Waals surface area contributed by atoms with Gasteiger partial charge in [-0.1, -0.05) is 24.3 Å². The third kappa shape index (κ3) is 5.39. The van der Waals surface area contributed by atoms with Crippen LogP contribution in [0.3, 0.4) is 0 Å². The third-order valence-electron chi connectivity index (χ3n) is 8.85. The average molecular weight is 639 g/mol. The zero-order valence-corrected chi connectivity index (χ0v) is 28.1.